The summed E-state index contributed by atoms with van der Waals surface area (Å²) in [6, 6.07) is -0.239. The van der Waals surface area contributed by atoms with Crippen LogP contribution in [0.4, 0.5) is 0 Å². The predicted molar refractivity (Wildman–Crippen MR) is 62.9 cm³/mol. The van der Waals surface area contributed by atoms with E-state index in [1.54, 1.807) is 23.9 Å². The van der Waals surface area contributed by atoms with Crippen LogP contribution >= 0.6 is 0 Å². The second-order valence-electron chi connectivity index (χ2n) is 4.70. The van der Waals surface area contributed by atoms with Crippen molar-refractivity contribution in [3.8, 4) is 0 Å². The van der Waals surface area contributed by atoms with Gasteiger partial charge in [0.25, 0.3) is 0 Å². The number of nitrogens with zero attached hydrogens (tertiary/aromatic N) is 2. The van der Waals surface area contributed by atoms with Crippen molar-refractivity contribution in [1.82, 2.24) is 9.80 Å². The Morgan fingerprint density at radius 2 is 2.25 bits per heavy atom. The number of likely N-dealkylation sites (N-methyl/N-ethyl adjacent to an activating group) is 2. The number of carbonyl (C=O) groups excluding carboxylic acids is 2. The number of carbonyl (C=O) groups is 2. The summed E-state index contributed by atoms with van der Waals surface area (Å²) in [5.41, 5.74) is 0. The highest BCUT2D eigenvalue weighted by atomic mass is 16.2. The summed E-state index contributed by atoms with van der Waals surface area (Å²) < 4.78 is 0. The predicted octanol–water partition coefficient (Wildman–Crippen LogP) is 1.11. The van der Waals surface area contributed by atoms with Gasteiger partial charge in [0.2, 0.25) is 11.8 Å². The fraction of sp³-hybridized carbons (Fsp3) is 0.833. The minimum Gasteiger partial charge on any atom is -0.344 e. The van der Waals surface area contributed by atoms with Crippen molar-refractivity contribution >= 4 is 11.8 Å². The fourth-order valence-corrected chi connectivity index (χ4v) is 2.22. The molecule has 16 heavy (non-hydrogen) atoms. The van der Waals surface area contributed by atoms with Crippen molar-refractivity contribution in [3.63, 3.8) is 0 Å². The van der Waals surface area contributed by atoms with E-state index in [0.29, 0.717) is 0 Å². The summed E-state index contributed by atoms with van der Waals surface area (Å²) in [5, 5.41) is 0. The number of likely N-dealkylation sites (tertiary alicyclic amines) is 1. The van der Waals surface area contributed by atoms with Crippen LogP contribution in [0.2, 0.25) is 0 Å². The maximum atomic E-state index is 12.0. The molecule has 0 aromatic carbocycles. The Kier molecular flexibility index (Phi) is 4.33. The molecule has 0 spiro atoms. The molecule has 92 valence electrons. The minimum absolute atomic E-state index is 0.0220. The first-order chi connectivity index (χ1) is 7.49. The van der Waals surface area contributed by atoms with Gasteiger partial charge in [-0.2, -0.15) is 0 Å². The number of rotatable bonds is 4. The first kappa shape index (κ1) is 13.0. The van der Waals surface area contributed by atoms with E-state index < -0.39 is 0 Å². The number of amides is 2. The summed E-state index contributed by atoms with van der Waals surface area (Å²) in [7, 11) is 3.53. The van der Waals surface area contributed by atoms with E-state index in [9.17, 15) is 9.59 Å². The zero-order chi connectivity index (χ0) is 12.3. The van der Waals surface area contributed by atoms with E-state index in [1.165, 1.54) is 0 Å². The molecule has 2 atom stereocenters. The van der Waals surface area contributed by atoms with Crippen molar-refractivity contribution in [2.45, 2.75) is 39.2 Å². The van der Waals surface area contributed by atoms with Gasteiger partial charge in [-0.05, 0) is 12.8 Å². The van der Waals surface area contributed by atoms with Gasteiger partial charge < -0.3 is 9.80 Å². The van der Waals surface area contributed by atoms with Crippen LogP contribution in [0.25, 0.3) is 0 Å². The van der Waals surface area contributed by atoms with E-state index in [-0.39, 0.29) is 23.8 Å². The number of hydrogen-bond donors (Lipinski definition) is 0. The average molecular weight is 226 g/mol. The zero-order valence-electron chi connectivity index (χ0n) is 10.7. The molecule has 0 saturated carbocycles. The highest BCUT2D eigenvalue weighted by Crippen LogP contribution is 2.18. The lowest BCUT2D eigenvalue weighted by atomic mass is 10.0. The quantitative estimate of drug-likeness (QED) is 0.720. The molecule has 0 aromatic heterocycles. The first-order valence-electron chi connectivity index (χ1n) is 6.00. The SMILES string of the molecule is CCCC(C)C(=O)N(C)C1CCN(C)C1=O. The third-order valence-corrected chi connectivity index (χ3v) is 3.36. The molecule has 1 aliphatic rings. The molecule has 0 bridgehead atoms. The van der Waals surface area contributed by atoms with Crippen LogP contribution in [0.15, 0.2) is 0 Å². The zero-order valence-corrected chi connectivity index (χ0v) is 10.7. The molecule has 1 saturated heterocycles. The van der Waals surface area contributed by atoms with Crippen molar-refractivity contribution < 1.29 is 9.59 Å². The maximum Gasteiger partial charge on any atom is 0.245 e. The van der Waals surface area contributed by atoms with Gasteiger partial charge in [0, 0.05) is 26.6 Å². The Balaban J connectivity index is 2.60. The van der Waals surface area contributed by atoms with Crippen molar-refractivity contribution in [2.24, 2.45) is 5.92 Å². The van der Waals surface area contributed by atoms with E-state index >= 15 is 0 Å². The highest BCUT2D eigenvalue weighted by molar-refractivity contribution is 5.89. The lowest BCUT2D eigenvalue weighted by Crippen LogP contribution is -2.44. The Labute approximate surface area is 97.6 Å². The molecule has 1 fully saturated rings. The maximum absolute atomic E-state index is 12.0. The van der Waals surface area contributed by atoms with Crippen LogP contribution in [0.1, 0.15) is 33.1 Å². The van der Waals surface area contributed by atoms with Gasteiger partial charge in [-0.1, -0.05) is 20.3 Å². The van der Waals surface area contributed by atoms with Crippen LogP contribution in [0.3, 0.4) is 0 Å². The van der Waals surface area contributed by atoms with Crippen molar-refractivity contribution in [1.29, 1.82) is 0 Å². The van der Waals surface area contributed by atoms with Gasteiger partial charge in [-0.15, -0.1) is 0 Å². The van der Waals surface area contributed by atoms with Gasteiger partial charge >= 0.3 is 0 Å². The van der Waals surface area contributed by atoms with Crippen LogP contribution < -0.4 is 0 Å². The molecule has 2 amide bonds. The summed E-state index contributed by atoms with van der Waals surface area (Å²) in [4.78, 5) is 27.1. The molecular weight excluding hydrogens is 204 g/mol. The summed E-state index contributed by atoms with van der Waals surface area (Å²) in [6.07, 6.45) is 2.65. The van der Waals surface area contributed by atoms with Gasteiger partial charge in [0.05, 0.1) is 0 Å². The smallest absolute Gasteiger partial charge is 0.245 e. The van der Waals surface area contributed by atoms with Crippen LogP contribution in [-0.2, 0) is 9.59 Å². The third-order valence-electron chi connectivity index (χ3n) is 3.36. The van der Waals surface area contributed by atoms with Gasteiger partial charge in [-0.3, -0.25) is 9.59 Å². The van der Waals surface area contributed by atoms with E-state index in [0.717, 1.165) is 25.8 Å². The second kappa shape index (κ2) is 5.32. The standard InChI is InChI=1S/C12H22N2O2/c1-5-6-9(2)11(15)14(4)10-7-8-13(3)12(10)16/h9-10H,5-8H2,1-4H3. The summed E-state index contributed by atoms with van der Waals surface area (Å²) in [6.45, 7) is 4.76. The monoisotopic (exact) mass is 226 g/mol. The topological polar surface area (TPSA) is 40.6 Å². The van der Waals surface area contributed by atoms with E-state index in [1.807, 2.05) is 6.92 Å². The first-order valence-corrected chi connectivity index (χ1v) is 6.00. The van der Waals surface area contributed by atoms with Crippen LogP contribution in [0.5, 0.6) is 0 Å². The van der Waals surface area contributed by atoms with Gasteiger partial charge in [0.15, 0.2) is 0 Å². The van der Waals surface area contributed by atoms with E-state index in [2.05, 4.69) is 6.92 Å². The molecule has 1 aliphatic heterocycles. The lowest BCUT2D eigenvalue weighted by molar-refractivity contribution is -0.142. The normalized spacial score (nSPS) is 22.4. The molecule has 4 heteroatoms. The lowest BCUT2D eigenvalue weighted by Gasteiger charge is -2.26. The Morgan fingerprint density at radius 1 is 1.62 bits per heavy atom. The largest absolute Gasteiger partial charge is 0.344 e. The van der Waals surface area contributed by atoms with Crippen molar-refractivity contribution in [3.05, 3.63) is 0 Å². The summed E-state index contributed by atoms with van der Waals surface area (Å²) >= 11 is 0. The second-order valence-corrected chi connectivity index (χ2v) is 4.70. The molecule has 0 radical (unpaired) electrons. The van der Waals surface area contributed by atoms with Crippen LogP contribution in [-0.4, -0.2) is 48.3 Å². The third kappa shape index (κ3) is 2.54. The minimum atomic E-state index is -0.239. The van der Waals surface area contributed by atoms with E-state index in [4.69, 9.17) is 0 Å². The molecule has 4 nitrogen and oxygen atoms in total. The number of hydrogen-bond acceptors (Lipinski definition) is 2. The Morgan fingerprint density at radius 3 is 2.69 bits per heavy atom. The molecule has 2 unspecified atom stereocenters. The average Bonchev–Trinajstić information content (AvgIpc) is 2.58. The molecule has 0 aliphatic carbocycles. The molecule has 0 N–H and O–H groups in total. The fourth-order valence-electron chi connectivity index (χ4n) is 2.22. The molecular formula is C12H22N2O2. The molecule has 1 heterocycles. The Hall–Kier alpha value is -1.06. The summed E-state index contributed by atoms with van der Waals surface area (Å²) in [5.74, 6) is 0.184. The molecule has 0 aromatic rings. The van der Waals surface area contributed by atoms with Crippen molar-refractivity contribution in [2.75, 3.05) is 20.6 Å². The highest BCUT2D eigenvalue weighted by Gasteiger charge is 2.35. The molecule has 1 rings (SSSR count). The van der Waals surface area contributed by atoms with Gasteiger partial charge in [0.1, 0.15) is 6.04 Å². The van der Waals surface area contributed by atoms with Crippen LogP contribution in [0, 0.1) is 5.92 Å². The Bertz CT molecular complexity index is 278. The van der Waals surface area contributed by atoms with Gasteiger partial charge in [-0.25, -0.2) is 0 Å².